The van der Waals surface area contributed by atoms with Crippen LogP contribution >= 0.6 is 0 Å². The molecule has 0 spiro atoms. The summed E-state index contributed by atoms with van der Waals surface area (Å²) in [5.41, 5.74) is 2.34. The lowest BCUT2D eigenvalue weighted by molar-refractivity contribution is -1.02. The molecule has 1 saturated heterocycles. The van der Waals surface area contributed by atoms with Crippen LogP contribution in [0.5, 0.6) is 5.75 Å². The first-order valence-electron chi connectivity index (χ1n) is 8.41. The van der Waals surface area contributed by atoms with Crippen molar-refractivity contribution < 1.29 is 32.5 Å². The lowest BCUT2D eigenvalue weighted by Crippen LogP contribution is -3.28. The summed E-state index contributed by atoms with van der Waals surface area (Å²) in [5.74, 6) is 0.329. The second-order valence-electron chi connectivity index (χ2n) is 6.56. The predicted molar refractivity (Wildman–Crippen MR) is 86.8 cm³/mol. The molecule has 1 aromatic rings. The average molecular weight is 361 g/mol. The van der Waals surface area contributed by atoms with E-state index in [-0.39, 0.29) is 6.54 Å². The molecule has 0 unspecified atom stereocenters. The molecule has 2 rings (SSSR count). The molecule has 5 nitrogen and oxygen atoms in total. The third-order valence-electron chi connectivity index (χ3n) is 4.44. The molecule has 1 aliphatic rings. The quantitative estimate of drug-likeness (QED) is 0.607. The van der Waals surface area contributed by atoms with E-state index in [0.717, 1.165) is 48.9 Å². The van der Waals surface area contributed by atoms with Crippen molar-refractivity contribution >= 4 is 5.91 Å². The summed E-state index contributed by atoms with van der Waals surface area (Å²) in [6, 6.07) is 6.10. The number of methoxy groups -OCH3 is 1. The van der Waals surface area contributed by atoms with Crippen molar-refractivity contribution in [3.63, 3.8) is 0 Å². The molecule has 0 radical (unpaired) electrons. The topological polar surface area (TPSA) is 47.2 Å². The molecule has 0 aromatic heterocycles. The molecule has 1 fully saturated rings. The highest BCUT2D eigenvalue weighted by atomic mass is 19.4. The van der Waals surface area contributed by atoms with Gasteiger partial charge in [0.2, 0.25) is 0 Å². The number of quaternary nitrogens is 2. The van der Waals surface area contributed by atoms with E-state index < -0.39 is 18.6 Å². The van der Waals surface area contributed by atoms with Crippen molar-refractivity contribution in [1.29, 1.82) is 0 Å². The largest absolute Gasteiger partial charge is 0.496 e. The number of carbonyl (C=O) groups excluding carboxylic acids is 1. The van der Waals surface area contributed by atoms with Crippen LogP contribution in [0.3, 0.4) is 0 Å². The first kappa shape index (κ1) is 19.5. The summed E-state index contributed by atoms with van der Waals surface area (Å²) in [5, 5.41) is 1.93. The molecule has 3 N–H and O–H groups in total. The van der Waals surface area contributed by atoms with Gasteiger partial charge in [-0.3, -0.25) is 4.79 Å². The minimum absolute atomic E-state index is 0.0944. The van der Waals surface area contributed by atoms with Crippen molar-refractivity contribution in [1.82, 2.24) is 5.32 Å². The molecule has 0 aliphatic carbocycles. The van der Waals surface area contributed by atoms with E-state index in [4.69, 9.17) is 4.74 Å². The number of nitrogens with one attached hydrogen (secondary N) is 3. The molecule has 0 bridgehead atoms. The van der Waals surface area contributed by atoms with Crippen LogP contribution in [-0.4, -0.2) is 58.5 Å². The minimum atomic E-state index is -4.36. The van der Waals surface area contributed by atoms with Gasteiger partial charge in [-0.1, -0.05) is 11.6 Å². The number of hydrogen-bond acceptors (Lipinski definition) is 2. The van der Waals surface area contributed by atoms with Gasteiger partial charge in [-0.25, -0.2) is 0 Å². The van der Waals surface area contributed by atoms with Crippen LogP contribution in [0, 0.1) is 6.92 Å². The van der Waals surface area contributed by atoms with Gasteiger partial charge >= 0.3 is 6.18 Å². The highest BCUT2D eigenvalue weighted by Crippen LogP contribution is 2.18. The Kier molecular flexibility index (Phi) is 6.66. The number of alkyl halides is 3. The van der Waals surface area contributed by atoms with E-state index in [0.29, 0.717) is 0 Å². The SMILES string of the molecule is COc1ccc(C)cc1C[NH+]1CC[NH+](CC(=O)NCC(F)(F)F)CC1. The molecule has 1 aromatic carbocycles. The lowest BCUT2D eigenvalue weighted by atomic mass is 10.1. The second-order valence-corrected chi connectivity index (χ2v) is 6.56. The fourth-order valence-corrected chi connectivity index (χ4v) is 3.11. The standard InChI is InChI=1S/C17H24F3N3O2/c1-13-3-4-15(25-2)14(9-13)10-22-5-7-23(8-6-22)11-16(24)21-12-17(18,19)20/h3-4,9H,5-8,10-12H2,1-2H3,(H,21,24)/p+2. The Morgan fingerprint density at radius 2 is 1.84 bits per heavy atom. The van der Waals surface area contributed by atoms with Gasteiger partial charge in [-0.05, 0) is 19.1 Å². The zero-order valence-electron chi connectivity index (χ0n) is 14.6. The summed E-state index contributed by atoms with van der Waals surface area (Å²) in [6.45, 7) is 5.00. The van der Waals surface area contributed by atoms with E-state index in [1.165, 1.54) is 10.5 Å². The van der Waals surface area contributed by atoms with Crippen LogP contribution in [0.2, 0.25) is 0 Å². The van der Waals surface area contributed by atoms with Gasteiger partial charge in [0.05, 0.1) is 7.11 Å². The number of ether oxygens (including phenoxy) is 1. The molecular formula is C17H26F3N3O2+2. The Labute approximate surface area is 145 Å². The highest BCUT2D eigenvalue weighted by molar-refractivity contribution is 5.76. The van der Waals surface area contributed by atoms with Crippen LogP contribution in [0.15, 0.2) is 18.2 Å². The fraction of sp³-hybridized carbons (Fsp3) is 0.588. The highest BCUT2D eigenvalue weighted by Gasteiger charge is 2.30. The zero-order chi connectivity index (χ0) is 18.4. The van der Waals surface area contributed by atoms with E-state index in [1.54, 1.807) is 7.11 Å². The summed E-state index contributed by atoms with van der Waals surface area (Å²) >= 11 is 0. The number of carbonyl (C=O) groups is 1. The number of halogens is 3. The predicted octanol–water partition coefficient (Wildman–Crippen LogP) is -1.03. The van der Waals surface area contributed by atoms with Crippen molar-refractivity contribution in [2.75, 3.05) is 46.4 Å². The molecule has 0 saturated carbocycles. The Balaban J connectivity index is 1.78. The molecule has 140 valence electrons. The van der Waals surface area contributed by atoms with Crippen molar-refractivity contribution in [3.05, 3.63) is 29.3 Å². The molecular weight excluding hydrogens is 335 g/mol. The van der Waals surface area contributed by atoms with Gasteiger partial charge < -0.3 is 19.9 Å². The van der Waals surface area contributed by atoms with Gasteiger partial charge in [0.15, 0.2) is 6.54 Å². The number of benzene rings is 1. The van der Waals surface area contributed by atoms with Crippen LogP contribution in [0.25, 0.3) is 0 Å². The molecule has 1 amide bonds. The Bertz CT molecular complexity index is 585. The van der Waals surface area contributed by atoms with Gasteiger partial charge in [-0.15, -0.1) is 0 Å². The lowest BCUT2D eigenvalue weighted by Gasteiger charge is -2.29. The van der Waals surface area contributed by atoms with E-state index in [9.17, 15) is 18.0 Å². The van der Waals surface area contributed by atoms with E-state index in [2.05, 4.69) is 6.07 Å². The molecule has 1 heterocycles. The van der Waals surface area contributed by atoms with Gasteiger partial charge in [-0.2, -0.15) is 13.2 Å². The summed E-state index contributed by atoms with van der Waals surface area (Å²) < 4.78 is 41.7. The van der Waals surface area contributed by atoms with E-state index >= 15 is 0 Å². The Hall–Kier alpha value is -1.80. The smallest absolute Gasteiger partial charge is 0.405 e. The third-order valence-corrected chi connectivity index (χ3v) is 4.44. The normalized spacial score (nSPS) is 21.0. The van der Waals surface area contributed by atoms with Crippen molar-refractivity contribution in [3.8, 4) is 5.75 Å². The van der Waals surface area contributed by atoms with E-state index in [1.807, 2.05) is 24.4 Å². The monoisotopic (exact) mass is 361 g/mol. The number of hydrogen-bond donors (Lipinski definition) is 3. The number of rotatable bonds is 6. The first-order chi connectivity index (χ1) is 11.8. The van der Waals surface area contributed by atoms with Crippen molar-refractivity contribution in [2.45, 2.75) is 19.6 Å². The number of piperazine rings is 1. The Morgan fingerprint density at radius 3 is 2.44 bits per heavy atom. The minimum Gasteiger partial charge on any atom is -0.496 e. The molecule has 8 heteroatoms. The zero-order valence-corrected chi connectivity index (χ0v) is 14.6. The van der Waals surface area contributed by atoms with Crippen LogP contribution < -0.4 is 19.9 Å². The third kappa shape index (κ3) is 6.55. The maximum atomic E-state index is 12.1. The van der Waals surface area contributed by atoms with Crippen LogP contribution in [0.4, 0.5) is 13.2 Å². The second kappa shape index (κ2) is 8.53. The summed E-state index contributed by atoms with van der Waals surface area (Å²) in [7, 11) is 1.66. The Morgan fingerprint density at radius 1 is 1.20 bits per heavy atom. The number of amides is 1. The number of aryl methyl sites for hydroxylation is 1. The molecule has 25 heavy (non-hydrogen) atoms. The summed E-state index contributed by atoms with van der Waals surface area (Å²) in [4.78, 5) is 14.0. The van der Waals surface area contributed by atoms with Gasteiger partial charge in [0.1, 0.15) is 45.0 Å². The fourth-order valence-electron chi connectivity index (χ4n) is 3.11. The maximum absolute atomic E-state index is 12.1. The maximum Gasteiger partial charge on any atom is 0.405 e. The molecule has 1 aliphatic heterocycles. The van der Waals surface area contributed by atoms with Gasteiger partial charge in [0.25, 0.3) is 5.91 Å². The van der Waals surface area contributed by atoms with Crippen LogP contribution in [0.1, 0.15) is 11.1 Å². The first-order valence-corrected chi connectivity index (χ1v) is 8.41. The van der Waals surface area contributed by atoms with Gasteiger partial charge in [0, 0.05) is 5.56 Å². The summed E-state index contributed by atoms with van der Waals surface area (Å²) in [6.07, 6.45) is -4.36. The van der Waals surface area contributed by atoms with Crippen LogP contribution in [-0.2, 0) is 11.3 Å². The molecule has 0 atom stereocenters. The average Bonchev–Trinajstić information content (AvgIpc) is 2.54. The van der Waals surface area contributed by atoms with Crippen molar-refractivity contribution in [2.24, 2.45) is 0 Å².